The predicted octanol–water partition coefficient (Wildman–Crippen LogP) is 3.34. The second-order valence-electron chi connectivity index (χ2n) is 8.28. The maximum atomic E-state index is 12.8. The number of hydrogen-bond donors (Lipinski definition) is 1. The molecule has 1 fully saturated rings. The number of halogens is 3. The van der Waals surface area contributed by atoms with E-state index < -0.39 is 27.5 Å². The van der Waals surface area contributed by atoms with E-state index in [9.17, 15) is 26.4 Å². The number of hydrogen-bond acceptors (Lipinski definition) is 8. The predicted molar refractivity (Wildman–Crippen MR) is 112 cm³/mol. The average molecular weight is 485 g/mol. The molecule has 0 aromatic carbocycles. The fourth-order valence-electron chi connectivity index (χ4n) is 4.29. The molecule has 3 heterocycles. The van der Waals surface area contributed by atoms with Crippen molar-refractivity contribution in [3.8, 4) is 5.88 Å². The molecule has 3 atom stereocenters. The number of fused-ring (bicyclic) bond motifs is 1. The van der Waals surface area contributed by atoms with Gasteiger partial charge in [-0.05, 0) is 31.7 Å². The summed E-state index contributed by atoms with van der Waals surface area (Å²) in [6, 6.07) is 2.11. The summed E-state index contributed by atoms with van der Waals surface area (Å²) in [4.78, 5) is 26.5. The number of anilines is 2. The highest BCUT2D eigenvalue weighted by atomic mass is 32.2. The minimum Gasteiger partial charge on any atom is -0.355 e. The molecular weight excluding hydrogens is 463 g/mol. The van der Waals surface area contributed by atoms with Crippen molar-refractivity contribution in [3.63, 3.8) is 0 Å². The molecule has 2 aromatic rings. The van der Waals surface area contributed by atoms with Crippen molar-refractivity contribution in [1.29, 1.82) is 0 Å². The fourth-order valence-corrected chi connectivity index (χ4v) is 4.70. The van der Waals surface area contributed by atoms with Gasteiger partial charge in [0.1, 0.15) is 0 Å². The first kappa shape index (κ1) is 23.2. The first-order valence-electron chi connectivity index (χ1n) is 10.3. The van der Waals surface area contributed by atoms with Crippen molar-refractivity contribution in [2.75, 3.05) is 10.2 Å². The van der Waals surface area contributed by atoms with Crippen LogP contribution in [0.5, 0.6) is 5.88 Å². The van der Waals surface area contributed by atoms with Crippen molar-refractivity contribution in [1.82, 2.24) is 15.0 Å². The summed E-state index contributed by atoms with van der Waals surface area (Å²) < 4.78 is 65.6. The van der Waals surface area contributed by atoms with Crippen LogP contribution in [0.25, 0.3) is 0 Å². The molecule has 2 aromatic heterocycles. The summed E-state index contributed by atoms with van der Waals surface area (Å²) in [6.07, 6.45) is 4.62. The van der Waals surface area contributed by atoms with Gasteiger partial charge in [0.2, 0.25) is 17.7 Å². The average Bonchev–Trinajstić information content (AvgIpc) is 3.53. The molecule has 1 unspecified atom stereocenters. The fraction of sp³-hybridized carbons (Fsp3) is 0.500. The Hall–Kier alpha value is -2.96. The first-order valence-corrected chi connectivity index (χ1v) is 11.7. The lowest BCUT2D eigenvalue weighted by Gasteiger charge is -2.45. The number of nitrogens with one attached hydrogen (secondary N) is 1. The Morgan fingerprint density at radius 1 is 1.27 bits per heavy atom. The minimum atomic E-state index is -5.91. The number of rotatable bonds is 5. The Morgan fingerprint density at radius 2 is 1.97 bits per heavy atom. The van der Waals surface area contributed by atoms with Crippen LogP contribution in [0.1, 0.15) is 44.0 Å². The monoisotopic (exact) mass is 485 g/mol. The van der Waals surface area contributed by atoms with Crippen LogP contribution in [0, 0.1) is 18.8 Å². The molecule has 2 aliphatic rings. The lowest BCUT2D eigenvalue weighted by Crippen LogP contribution is -2.51. The second kappa shape index (κ2) is 8.12. The topological polar surface area (TPSA) is 114 Å². The van der Waals surface area contributed by atoms with Crippen LogP contribution in [-0.4, -0.2) is 40.8 Å². The molecule has 13 heteroatoms. The molecule has 9 nitrogen and oxygen atoms in total. The number of pyridine rings is 1. The van der Waals surface area contributed by atoms with E-state index in [-0.39, 0.29) is 29.5 Å². The van der Waals surface area contributed by atoms with Gasteiger partial charge in [0.05, 0.1) is 11.7 Å². The molecule has 0 spiro atoms. The van der Waals surface area contributed by atoms with Gasteiger partial charge in [-0.1, -0.05) is 6.92 Å². The second-order valence-corrected chi connectivity index (χ2v) is 9.82. The molecule has 1 aliphatic heterocycles. The summed E-state index contributed by atoms with van der Waals surface area (Å²) in [5.41, 5.74) is -4.14. The summed E-state index contributed by atoms with van der Waals surface area (Å²) in [5, 5.41) is 3.25. The van der Waals surface area contributed by atoms with Gasteiger partial charge in [-0.3, -0.25) is 4.79 Å². The number of carbonyl (C=O) groups excluding carboxylic acids is 1. The molecule has 1 saturated carbocycles. The Bertz CT molecular complexity index is 1190. The van der Waals surface area contributed by atoms with Gasteiger partial charge in [-0.2, -0.15) is 21.6 Å². The molecule has 33 heavy (non-hydrogen) atoms. The van der Waals surface area contributed by atoms with E-state index in [0.717, 1.165) is 24.6 Å². The van der Waals surface area contributed by atoms with Crippen molar-refractivity contribution in [3.05, 3.63) is 35.8 Å². The van der Waals surface area contributed by atoms with E-state index in [1.54, 1.807) is 12.3 Å². The molecule has 1 N–H and O–H groups in total. The SMILES string of the molecule is CC(=O)N1c2cc(OS(=O)(=O)C(F)(F)F)ncc2[C@H](Nc2nccc(C)n2)[C@@H](C)C1C1CC1. The van der Waals surface area contributed by atoms with E-state index in [1.165, 1.54) is 18.0 Å². The van der Waals surface area contributed by atoms with Crippen molar-refractivity contribution in [2.24, 2.45) is 11.8 Å². The van der Waals surface area contributed by atoms with Gasteiger partial charge in [0.25, 0.3) is 0 Å². The van der Waals surface area contributed by atoms with Gasteiger partial charge in [0.15, 0.2) is 0 Å². The van der Waals surface area contributed by atoms with Crippen LogP contribution < -0.4 is 14.4 Å². The van der Waals surface area contributed by atoms with Gasteiger partial charge in [-0.15, -0.1) is 0 Å². The highest BCUT2D eigenvalue weighted by Gasteiger charge is 2.50. The van der Waals surface area contributed by atoms with Gasteiger partial charge in [-0.25, -0.2) is 15.0 Å². The largest absolute Gasteiger partial charge is 0.534 e. The summed E-state index contributed by atoms with van der Waals surface area (Å²) in [7, 11) is -5.91. The molecular formula is C20H22F3N5O4S. The zero-order valence-electron chi connectivity index (χ0n) is 18.0. The Balaban J connectivity index is 1.80. The number of alkyl halides is 3. The molecule has 0 saturated heterocycles. The number of aryl methyl sites for hydroxylation is 1. The molecule has 1 aliphatic carbocycles. The maximum absolute atomic E-state index is 12.8. The van der Waals surface area contributed by atoms with Crippen LogP contribution in [0.4, 0.5) is 24.8 Å². The zero-order chi connectivity index (χ0) is 24.1. The van der Waals surface area contributed by atoms with Gasteiger partial charge >= 0.3 is 15.6 Å². The highest BCUT2D eigenvalue weighted by molar-refractivity contribution is 7.87. The van der Waals surface area contributed by atoms with Crippen LogP contribution in [-0.2, 0) is 14.9 Å². The summed E-state index contributed by atoms with van der Waals surface area (Å²) in [6.45, 7) is 5.13. The van der Waals surface area contributed by atoms with Crippen LogP contribution in [0.15, 0.2) is 24.5 Å². The highest BCUT2D eigenvalue weighted by Crippen LogP contribution is 2.50. The molecule has 178 valence electrons. The van der Waals surface area contributed by atoms with E-state index in [1.807, 2.05) is 13.8 Å². The number of aromatic nitrogens is 3. The Morgan fingerprint density at radius 3 is 2.55 bits per heavy atom. The van der Waals surface area contributed by atoms with Crippen LogP contribution in [0.3, 0.4) is 0 Å². The lowest BCUT2D eigenvalue weighted by atomic mass is 9.80. The molecule has 0 radical (unpaired) electrons. The molecule has 1 amide bonds. The third-order valence-corrected chi connectivity index (χ3v) is 6.80. The smallest absolute Gasteiger partial charge is 0.355 e. The van der Waals surface area contributed by atoms with Gasteiger partial charge < -0.3 is 14.4 Å². The van der Waals surface area contributed by atoms with Crippen molar-refractivity contribution < 1.29 is 30.6 Å². The van der Waals surface area contributed by atoms with E-state index >= 15 is 0 Å². The zero-order valence-corrected chi connectivity index (χ0v) is 18.8. The van der Waals surface area contributed by atoms with Crippen molar-refractivity contribution in [2.45, 2.75) is 51.2 Å². The lowest BCUT2D eigenvalue weighted by molar-refractivity contribution is -0.117. The number of amides is 1. The number of nitrogens with zero attached hydrogens (tertiary/aromatic N) is 4. The normalized spacial score (nSPS) is 23.1. The van der Waals surface area contributed by atoms with Crippen LogP contribution in [0.2, 0.25) is 0 Å². The van der Waals surface area contributed by atoms with Crippen molar-refractivity contribution >= 4 is 27.7 Å². The Kier molecular flexibility index (Phi) is 5.71. The van der Waals surface area contributed by atoms with E-state index in [2.05, 4.69) is 24.5 Å². The summed E-state index contributed by atoms with van der Waals surface area (Å²) in [5.74, 6) is -0.654. The van der Waals surface area contributed by atoms with E-state index in [0.29, 0.717) is 11.5 Å². The standard InChI is InChI=1S/C20H22F3N5O4S/c1-10-6-7-24-19(26-10)27-17-11(2)18(13-4-5-13)28(12(3)29)15-8-16(25-9-14(15)17)32-33(30,31)20(21,22)23/h6-9,11,13,17-18H,4-5H2,1-3H3,(H,24,26,27)/t11-,17-,18?/m1/s1. The molecule has 0 bridgehead atoms. The third-order valence-electron chi connectivity index (χ3n) is 5.85. The number of carbonyl (C=O) groups is 1. The van der Waals surface area contributed by atoms with Gasteiger partial charge in [0, 0.05) is 48.6 Å². The molecule has 4 rings (SSSR count). The van der Waals surface area contributed by atoms with Crippen LogP contribution >= 0.6 is 0 Å². The Labute approximate surface area is 188 Å². The van der Waals surface area contributed by atoms with E-state index in [4.69, 9.17) is 0 Å². The first-order chi connectivity index (χ1) is 15.4. The minimum absolute atomic E-state index is 0.120. The maximum Gasteiger partial charge on any atom is 0.534 e. The summed E-state index contributed by atoms with van der Waals surface area (Å²) >= 11 is 0. The quantitative estimate of drug-likeness (QED) is 0.507. The third kappa shape index (κ3) is 4.45.